The largest absolute Gasteiger partial charge is 0.497 e. The Morgan fingerprint density at radius 3 is 2.32 bits per heavy atom. The SMILES string of the molecule is COc1ccc(N2C(=O)[C@@H](Oc3ccccc3)[C@H]2c2ccco2)cc1. The molecule has 0 saturated carbocycles. The molecule has 2 heterocycles. The average Bonchev–Trinajstić information content (AvgIpc) is 3.19. The molecule has 1 amide bonds. The summed E-state index contributed by atoms with van der Waals surface area (Å²) in [5.74, 6) is 1.99. The minimum Gasteiger partial charge on any atom is -0.497 e. The van der Waals surface area contributed by atoms with E-state index in [0.717, 1.165) is 11.4 Å². The Kier molecular flexibility index (Phi) is 3.90. The number of furan rings is 1. The fourth-order valence-corrected chi connectivity index (χ4v) is 2.99. The van der Waals surface area contributed by atoms with E-state index in [0.29, 0.717) is 11.5 Å². The topological polar surface area (TPSA) is 51.9 Å². The number of β-lactam (4-membered cyclic amide) rings is 1. The van der Waals surface area contributed by atoms with Crippen LogP contribution in [0.4, 0.5) is 5.69 Å². The lowest BCUT2D eigenvalue weighted by atomic mass is 9.94. The first-order chi connectivity index (χ1) is 12.3. The maximum Gasteiger partial charge on any atom is 0.271 e. The molecular weight excluding hydrogens is 318 g/mol. The molecule has 5 nitrogen and oxygen atoms in total. The Balaban J connectivity index is 1.64. The first-order valence-corrected chi connectivity index (χ1v) is 8.00. The van der Waals surface area contributed by atoms with Crippen molar-refractivity contribution in [1.82, 2.24) is 0 Å². The van der Waals surface area contributed by atoms with Crippen LogP contribution in [0.15, 0.2) is 77.4 Å². The summed E-state index contributed by atoms with van der Waals surface area (Å²) in [5.41, 5.74) is 0.778. The van der Waals surface area contributed by atoms with Gasteiger partial charge in [0, 0.05) is 5.69 Å². The van der Waals surface area contributed by atoms with Gasteiger partial charge in [0.2, 0.25) is 6.10 Å². The molecule has 4 rings (SSSR count). The van der Waals surface area contributed by atoms with Crippen LogP contribution in [0.5, 0.6) is 11.5 Å². The molecule has 1 fully saturated rings. The summed E-state index contributed by atoms with van der Waals surface area (Å²) < 4.78 is 16.7. The number of ether oxygens (including phenoxy) is 2. The molecule has 3 aromatic rings. The summed E-state index contributed by atoms with van der Waals surface area (Å²) in [5, 5.41) is 0. The number of rotatable bonds is 5. The summed E-state index contributed by atoms with van der Waals surface area (Å²) >= 11 is 0. The molecule has 1 aliphatic heterocycles. The van der Waals surface area contributed by atoms with Crippen molar-refractivity contribution in [3.8, 4) is 11.5 Å². The summed E-state index contributed by atoms with van der Waals surface area (Å²) in [7, 11) is 1.61. The number of para-hydroxylation sites is 1. The minimum atomic E-state index is -0.615. The van der Waals surface area contributed by atoms with Crippen LogP contribution in [0.25, 0.3) is 0 Å². The third kappa shape index (κ3) is 2.74. The lowest BCUT2D eigenvalue weighted by molar-refractivity contribution is -0.135. The van der Waals surface area contributed by atoms with E-state index in [-0.39, 0.29) is 11.9 Å². The molecule has 0 radical (unpaired) electrons. The predicted molar refractivity (Wildman–Crippen MR) is 92.8 cm³/mol. The van der Waals surface area contributed by atoms with Crippen LogP contribution < -0.4 is 14.4 Å². The standard InChI is InChI=1S/C20H17NO4/c1-23-15-11-9-14(10-12-15)21-18(17-8-5-13-24-17)19(20(21)22)25-16-6-3-2-4-7-16/h2-13,18-19H,1H3/t18-,19+/m1/s1. The fraction of sp³-hybridized carbons (Fsp3) is 0.150. The van der Waals surface area contributed by atoms with Gasteiger partial charge in [0.15, 0.2) is 0 Å². The van der Waals surface area contributed by atoms with Crippen molar-refractivity contribution in [2.45, 2.75) is 12.1 Å². The van der Waals surface area contributed by atoms with Gasteiger partial charge in [-0.1, -0.05) is 18.2 Å². The normalized spacial score (nSPS) is 19.4. The van der Waals surface area contributed by atoms with Gasteiger partial charge < -0.3 is 13.9 Å². The Hall–Kier alpha value is -3.21. The van der Waals surface area contributed by atoms with E-state index in [9.17, 15) is 4.79 Å². The van der Waals surface area contributed by atoms with Crippen LogP contribution in [-0.2, 0) is 4.79 Å². The molecule has 2 atom stereocenters. The van der Waals surface area contributed by atoms with Gasteiger partial charge in [-0.3, -0.25) is 9.69 Å². The lowest BCUT2D eigenvalue weighted by Gasteiger charge is -2.45. The molecule has 0 unspecified atom stereocenters. The fourth-order valence-electron chi connectivity index (χ4n) is 2.99. The number of hydrogen-bond donors (Lipinski definition) is 0. The van der Waals surface area contributed by atoms with Crippen molar-refractivity contribution in [3.05, 3.63) is 78.8 Å². The Morgan fingerprint density at radius 2 is 1.68 bits per heavy atom. The molecule has 126 valence electrons. The van der Waals surface area contributed by atoms with Gasteiger partial charge in [-0.05, 0) is 48.5 Å². The van der Waals surface area contributed by atoms with Gasteiger partial charge in [0.05, 0.1) is 13.4 Å². The number of methoxy groups -OCH3 is 1. The summed E-state index contributed by atoms with van der Waals surface area (Å²) in [4.78, 5) is 14.4. The second-order valence-corrected chi connectivity index (χ2v) is 5.72. The second kappa shape index (κ2) is 6.36. The van der Waals surface area contributed by atoms with E-state index in [2.05, 4.69) is 0 Å². The molecule has 5 heteroatoms. The second-order valence-electron chi connectivity index (χ2n) is 5.72. The maximum atomic E-state index is 12.8. The van der Waals surface area contributed by atoms with Gasteiger partial charge in [0.1, 0.15) is 23.3 Å². The minimum absolute atomic E-state index is 0.101. The molecule has 25 heavy (non-hydrogen) atoms. The van der Waals surface area contributed by atoms with Gasteiger partial charge in [-0.25, -0.2) is 0 Å². The predicted octanol–water partition coefficient (Wildman–Crippen LogP) is 3.82. The van der Waals surface area contributed by atoms with Crippen molar-refractivity contribution in [2.75, 3.05) is 12.0 Å². The average molecular weight is 335 g/mol. The molecule has 1 saturated heterocycles. The third-order valence-electron chi connectivity index (χ3n) is 4.24. The van der Waals surface area contributed by atoms with E-state index in [1.165, 1.54) is 0 Å². The highest BCUT2D eigenvalue weighted by molar-refractivity contribution is 6.05. The Labute approximate surface area is 145 Å². The van der Waals surface area contributed by atoms with E-state index < -0.39 is 6.10 Å². The van der Waals surface area contributed by atoms with Gasteiger partial charge in [0.25, 0.3) is 5.91 Å². The number of hydrogen-bond acceptors (Lipinski definition) is 4. The summed E-state index contributed by atoms with van der Waals surface area (Å²) in [6.45, 7) is 0. The summed E-state index contributed by atoms with van der Waals surface area (Å²) in [6, 6.07) is 20.0. The third-order valence-corrected chi connectivity index (χ3v) is 4.24. The van der Waals surface area contributed by atoms with Crippen LogP contribution >= 0.6 is 0 Å². The first kappa shape index (κ1) is 15.3. The lowest BCUT2D eigenvalue weighted by Crippen LogP contribution is -2.61. The van der Waals surface area contributed by atoms with Crippen LogP contribution in [-0.4, -0.2) is 19.1 Å². The maximum absolute atomic E-state index is 12.8. The van der Waals surface area contributed by atoms with Crippen LogP contribution in [0.2, 0.25) is 0 Å². The van der Waals surface area contributed by atoms with Crippen molar-refractivity contribution in [3.63, 3.8) is 0 Å². The van der Waals surface area contributed by atoms with Gasteiger partial charge in [-0.2, -0.15) is 0 Å². The van der Waals surface area contributed by atoms with E-state index >= 15 is 0 Å². The van der Waals surface area contributed by atoms with Gasteiger partial charge in [-0.15, -0.1) is 0 Å². The number of nitrogens with zero attached hydrogens (tertiary/aromatic N) is 1. The summed E-state index contributed by atoms with van der Waals surface area (Å²) in [6.07, 6.45) is 0.986. The number of carbonyl (C=O) groups excluding carboxylic acids is 1. The van der Waals surface area contributed by atoms with E-state index in [1.807, 2.05) is 66.7 Å². The van der Waals surface area contributed by atoms with Crippen LogP contribution in [0.3, 0.4) is 0 Å². The Morgan fingerprint density at radius 1 is 0.920 bits per heavy atom. The highest BCUT2D eigenvalue weighted by Gasteiger charge is 2.52. The number of amides is 1. The molecule has 2 aromatic carbocycles. The highest BCUT2D eigenvalue weighted by atomic mass is 16.5. The van der Waals surface area contributed by atoms with Crippen LogP contribution in [0.1, 0.15) is 11.8 Å². The quantitative estimate of drug-likeness (QED) is 0.665. The zero-order valence-electron chi connectivity index (χ0n) is 13.7. The number of carbonyl (C=O) groups is 1. The molecule has 1 aliphatic rings. The Bertz CT molecular complexity index is 843. The highest BCUT2D eigenvalue weighted by Crippen LogP contribution is 2.41. The van der Waals surface area contributed by atoms with Crippen molar-refractivity contribution in [2.24, 2.45) is 0 Å². The molecule has 0 aliphatic carbocycles. The molecule has 0 N–H and O–H groups in total. The van der Waals surface area contributed by atoms with E-state index in [4.69, 9.17) is 13.9 Å². The zero-order chi connectivity index (χ0) is 17.2. The van der Waals surface area contributed by atoms with Crippen molar-refractivity contribution in [1.29, 1.82) is 0 Å². The zero-order valence-corrected chi connectivity index (χ0v) is 13.7. The molecule has 1 aromatic heterocycles. The van der Waals surface area contributed by atoms with Crippen molar-refractivity contribution >= 4 is 11.6 Å². The molecular formula is C20H17NO4. The van der Waals surface area contributed by atoms with Crippen LogP contribution in [0, 0.1) is 0 Å². The molecule has 0 spiro atoms. The van der Waals surface area contributed by atoms with Gasteiger partial charge >= 0.3 is 0 Å². The molecule has 0 bridgehead atoms. The van der Waals surface area contributed by atoms with Crippen molar-refractivity contribution < 1.29 is 18.7 Å². The monoisotopic (exact) mass is 335 g/mol. The first-order valence-electron chi connectivity index (χ1n) is 8.00. The van der Waals surface area contributed by atoms with E-state index in [1.54, 1.807) is 18.3 Å². The number of benzene rings is 2. The smallest absolute Gasteiger partial charge is 0.271 e. The number of anilines is 1.